The summed E-state index contributed by atoms with van der Waals surface area (Å²) in [5.41, 5.74) is 4.77. The van der Waals surface area contributed by atoms with E-state index in [9.17, 15) is 79.0 Å². The smallest absolute Gasteiger partial charge is 0.381 e. The van der Waals surface area contributed by atoms with Gasteiger partial charge in [0.25, 0.3) is 0 Å². The zero-order valence-electron chi connectivity index (χ0n) is 43.5. The van der Waals surface area contributed by atoms with Gasteiger partial charge in [-0.05, 0) is 114 Å². The molecule has 1 saturated carbocycles. The molecule has 0 spiro atoms. The molecule has 1 aliphatic carbocycles. The molecule has 4 atom stereocenters. The minimum Gasteiger partial charge on any atom is -0.454 e. The molecule has 0 amide bonds. The van der Waals surface area contributed by atoms with Crippen molar-refractivity contribution in [1.82, 2.24) is 0 Å². The van der Waals surface area contributed by atoms with Gasteiger partial charge in [0.15, 0.2) is 0 Å². The van der Waals surface area contributed by atoms with E-state index in [1.54, 1.807) is 52.0 Å². The van der Waals surface area contributed by atoms with Crippen molar-refractivity contribution in [3.8, 4) is 34.5 Å². The maximum atomic E-state index is 13.8. The van der Waals surface area contributed by atoms with E-state index in [0.29, 0.717) is 0 Å². The average Bonchev–Trinajstić information content (AvgIpc) is 4.41. The van der Waals surface area contributed by atoms with Gasteiger partial charge in [-0.15, -0.1) is 0 Å². The van der Waals surface area contributed by atoms with E-state index in [-0.39, 0.29) is 11.5 Å². The molecule has 6 nitrogen and oxygen atoms in total. The van der Waals surface area contributed by atoms with Crippen molar-refractivity contribution < 1.29 is 107 Å². The standard InChI is InChI=1S/2C18H16F6O2.2C9H7F3O.C3H6/c2*1-11-3-7-13(8-4-11)25-15(19)17(21,22)18(23,24)16(20)26-14-9-5-12(2)6-10-14;2*1-6-2-4-7(5-3-6)13-9(12)8(10)11;1-2-3-1/h2*3-10,15-16H,1-2H3;2*2-5H,1H3;1-3H2. The Labute approximate surface area is 454 Å². The van der Waals surface area contributed by atoms with E-state index in [1.165, 1.54) is 92.1 Å². The van der Waals surface area contributed by atoms with Crippen LogP contribution in [0.5, 0.6) is 34.5 Å². The summed E-state index contributed by atoms with van der Waals surface area (Å²) in [6.07, 6.45) is -15.5. The van der Waals surface area contributed by atoms with Crippen LogP contribution < -0.4 is 28.4 Å². The molecule has 0 heterocycles. The van der Waals surface area contributed by atoms with Crippen LogP contribution in [-0.4, -0.2) is 49.1 Å². The molecular formula is C57H52F18O6. The van der Waals surface area contributed by atoms with Crippen LogP contribution in [0.1, 0.15) is 52.6 Å². The van der Waals surface area contributed by atoms with E-state index in [4.69, 9.17) is 0 Å². The summed E-state index contributed by atoms with van der Waals surface area (Å²) in [6.45, 7) is 10.4. The Kier molecular flexibility index (Phi) is 25.7. The summed E-state index contributed by atoms with van der Waals surface area (Å²) in [7, 11) is 0. The van der Waals surface area contributed by atoms with Gasteiger partial charge in [0, 0.05) is 0 Å². The van der Waals surface area contributed by atoms with Gasteiger partial charge in [-0.1, -0.05) is 125 Å². The van der Waals surface area contributed by atoms with Gasteiger partial charge < -0.3 is 28.4 Å². The maximum absolute atomic E-state index is 13.8. The molecule has 1 aliphatic rings. The van der Waals surface area contributed by atoms with E-state index >= 15 is 0 Å². The van der Waals surface area contributed by atoms with Crippen LogP contribution in [0.4, 0.5) is 79.0 Å². The first-order valence-corrected chi connectivity index (χ1v) is 23.7. The minimum atomic E-state index is -5.47. The second kappa shape index (κ2) is 30.8. The van der Waals surface area contributed by atoms with Crippen LogP contribution in [-0.2, 0) is 0 Å². The molecule has 24 heteroatoms. The molecule has 0 N–H and O–H groups in total. The van der Waals surface area contributed by atoms with Crippen molar-refractivity contribution in [2.24, 2.45) is 0 Å². The minimum absolute atomic E-state index is 0.0518. The number of benzene rings is 6. The molecule has 442 valence electrons. The van der Waals surface area contributed by atoms with Gasteiger partial charge in [-0.25, -0.2) is 0 Å². The second-order valence-electron chi connectivity index (χ2n) is 17.4. The zero-order valence-corrected chi connectivity index (χ0v) is 43.5. The molecule has 6 aromatic rings. The number of alkyl halides is 12. The monoisotopic (exact) mass is 1170 g/mol. The van der Waals surface area contributed by atoms with Crippen LogP contribution in [0.3, 0.4) is 0 Å². The van der Waals surface area contributed by atoms with E-state index in [2.05, 4.69) is 28.4 Å². The quantitative estimate of drug-likeness (QED) is 0.0631. The van der Waals surface area contributed by atoms with Gasteiger partial charge in [0.05, 0.1) is 0 Å². The van der Waals surface area contributed by atoms with Crippen molar-refractivity contribution in [2.75, 3.05) is 0 Å². The van der Waals surface area contributed by atoms with Crippen LogP contribution in [0.15, 0.2) is 170 Å². The number of rotatable bonds is 18. The van der Waals surface area contributed by atoms with Crippen molar-refractivity contribution in [3.05, 3.63) is 203 Å². The van der Waals surface area contributed by atoms with Crippen LogP contribution in [0, 0.1) is 41.5 Å². The Hall–Kier alpha value is -7.66. The predicted molar refractivity (Wildman–Crippen MR) is 265 cm³/mol. The Morgan fingerprint density at radius 3 is 0.568 bits per heavy atom. The lowest BCUT2D eigenvalue weighted by atomic mass is 10.1. The molecule has 0 bridgehead atoms. The fourth-order valence-electron chi connectivity index (χ4n) is 5.34. The molecule has 6 aromatic carbocycles. The fourth-order valence-corrected chi connectivity index (χ4v) is 5.34. The van der Waals surface area contributed by atoms with E-state index in [0.717, 1.165) is 81.9 Å². The highest BCUT2D eigenvalue weighted by Gasteiger charge is 2.70. The number of hydrogen-bond acceptors (Lipinski definition) is 6. The summed E-state index contributed by atoms with van der Waals surface area (Å²) < 4.78 is 261. The van der Waals surface area contributed by atoms with Gasteiger partial charge in [-0.2, -0.15) is 79.0 Å². The lowest BCUT2D eigenvalue weighted by Crippen LogP contribution is -2.56. The Morgan fingerprint density at radius 2 is 0.432 bits per heavy atom. The molecule has 0 radical (unpaired) electrons. The Bertz CT molecular complexity index is 2540. The summed E-state index contributed by atoms with van der Waals surface area (Å²) in [6, 6.07) is 28.8. The lowest BCUT2D eigenvalue weighted by Gasteiger charge is -2.30. The Balaban J connectivity index is 0.000000291. The highest BCUT2D eigenvalue weighted by molar-refractivity contribution is 5.31. The van der Waals surface area contributed by atoms with E-state index in [1.807, 2.05) is 13.8 Å². The van der Waals surface area contributed by atoms with Gasteiger partial charge in [0.1, 0.15) is 34.5 Å². The predicted octanol–water partition coefficient (Wildman–Crippen LogP) is 19.2. The van der Waals surface area contributed by atoms with Gasteiger partial charge in [0.2, 0.25) is 0 Å². The first-order valence-electron chi connectivity index (χ1n) is 23.7. The third-order valence-corrected chi connectivity index (χ3v) is 10.2. The molecule has 1 fully saturated rings. The molecule has 0 aliphatic heterocycles. The molecule has 4 unspecified atom stereocenters. The van der Waals surface area contributed by atoms with E-state index < -0.39 is 96.3 Å². The molecular weight excluding hydrogens is 1120 g/mol. The SMILES string of the molecule is C1CC1.Cc1ccc(OC(F)=C(F)F)cc1.Cc1ccc(OC(F)=C(F)F)cc1.Cc1ccc(OC(F)C(F)(F)C(F)(F)C(F)Oc2ccc(C)cc2)cc1.Cc1ccc(OC(F)C(F)(F)C(F)(F)C(F)Oc2ccc(C)cc2)cc1. The zero-order chi connectivity index (χ0) is 60.9. The molecule has 0 aromatic heterocycles. The van der Waals surface area contributed by atoms with Crippen molar-refractivity contribution in [3.63, 3.8) is 0 Å². The van der Waals surface area contributed by atoms with Gasteiger partial charge in [-0.3, -0.25) is 0 Å². The third kappa shape index (κ3) is 22.1. The lowest BCUT2D eigenvalue weighted by molar-refractivity contribution is -0.318. The summed E-state index contributed by atoms with van der Waals surface area (Å²) >= 11 is 0. The highest BCUT2D eigenvalue weighted by Crippen LogP contribution is 2.45. The van der Waals surface area contributed by atoms with Crippen molar-refractivity contribution in [1.29, 1.82) is 0 Å². The number of aryl methyl sites for hydroxylation is 6. The summed E-state index contributed by atoms with van der Waals surface area (Å²) in [5.74, 6) is -23.4. The number of hydrogen-bond donors (Lipinski definition) is 0. The Morgan fingerprint density at radius 1 is 0.284 bits per heavy atom. The molecule has 81 heavy (non-hydrogen) atoms. The van der Waals surface area contributed by atoms with Gasteiger partial charge >= 0.3 is 73.3 Å². The topological polar surface area (TPSA) is 55.4 Å². The van der Waals surface area contributed by atoms with Crippen molar-refractivity contribution in [2.45, 2.75) is 110 Å². The molecule has 0 saturated heterocycles. The number of halogens is 18. The maximum Gasteiger partial charge on any atom is 0.381 e. The summed E-state index contributed by atoms with van der Waals surface area (Å²) in [4.78, 5) is 0. The van der Waals surface area contributed by atoms with Crippen LogP contribution in [0.25, 0.3) is 0 Å². The first kappa shape index (κ1) is 67.6. The summed E-state index contributed by atoms with van der Waals surface area (Å²) in [5, 5.41) is 0. The fraction of sp³-hybridized carbons (Fsp3) is 0.298. The first-order chi connectivity index (χ1) is 37.8. The average molecular weight is 1180 g/mol. The second-order valence-corrected chi connectivity index (χ2v) is 17.4. The normalized spacial score (nSPS) is 13.3. The number of ether oxygens (including phenoxy) is 6. The van der Waals surface area contributed by atoms with Crippen LogP contribution >= 0.6 is 0 Å². The molecule has 7 rings (SSSR count). The highest BCUT2D eigenvalue weighted by atomic mass is 19.3. The van der Waals surface area contributed by atoms with Crippen LogP contribution in [0.2, 0.25) is 0 Å². The largest absolute Gasteiger partial charge is 0.454 e. The third-order valence-electron chi connectivity index (χ3n) is 10.2. The van der Waals surface area contributed by atoms with Crippen molar-refractivity contribution >= 4 is 0 Å².